The van der Waals surface area contributed by atoms with Gasteiger partial charge >= 0.3 is 0 Å². The molecule has 1 aliphatic rings. The van der Waals surface area contributed by atoms with E-state index in [2.05, 4.69) is 26.8 Å². The molecular weight excluding hydrogens is 228 g/mol. The number of aliphatic hydroxyl groups excluding tert-OH is 1. The van der Waals surface area contributed by atoms with E-state index < -0.39 is 0 Å². The van der Waals surface area contributed by atoms with Gasteiger partial charge in [0.15, 0.2) is 0 Å². The molecule has 1 saturated heterocycles. The van der Waals surface area contributed by atoms with Crippen LogP contribution in [0.3, 0.4) is 0 Å². The third-order valence-electron chi connectivity index (χ3n) is 3.23. The molecule has 0 aromatic carbocycles. The Hall–Kier alpha value is -1.62. The summed E-state index contributed by atoms with van der Waals surface area (Å²) in [6.07, 6.45) is 5.39. The summed E-state index contributed by atoms with van der Waals surface area (Å²) in [4.78, 5) is 10.7. The summed E-state index contributed by atoms with van der Waals surface area (Å²) >= 11 is 0. The highest BCUT2D eigenvalue weighted by Gasteiger charge is 2.23. The monoisotopic (exact) mass is 248 g/mol. The Morgan fingerprint density at radius 2 is 2.44 bits per heavy atom. The van der Waals surface area contributed by atoms with Crippen molar-refractivity contribution >= 4 is 11.6 Å². The Balaban J connectivity index is 1.98. The van der Waals surface area contributed by atoms with Crippen molar-refractivity contribution in [1.82, 2.24) is 9.97 Å². The van der Waals surface area contributed by atoms with Crippen LogP contribution >= 0.6 is 0 Å². The highest BCUT2D eigenvalue weighted by molar-refractivity contribution is 5.49. The SMILES string of the molecule is C=CCNc1cc(N2CCC(CCO)C2)ncn1. The number of nitrogens with zero attached hydrogens (tertiary/aromatic N) is 3. The molecule has 0 radical (unpaired) electrons. The van der Waals surface area contributed by atoms with Crippen LogP contribution in [-0.2, 0) is 0 Å². The first-order valence-electron chi connectivity index (χ1n) is 6.36. The summed E-state index contributed by atoms with van der Waals surface area (Å²) in [7, 11) is 0. The quantitative estimate of drug-likeness (QED) is 0.743. The summed E-state index contributed by atoms with van der Waals surface area (Å²) in [5.41, 5.74) is 0. The van der Waals surface area contributed by atoms with E-state index in [1.807, 2.05) is 6.07 Å². The Labute approximate surface area is 108 Å². The molecule has 1 aliphatic heterocycles. The van der Waals surface area contributed by atoms with E-state index in [4.69, 9.17) is 5.11 Å². The van der Waals surface area contributed by atoms with Gasteiger partial charge < -0.3 is 15.3 Å². The second-order valence-electron chi connectivity index (χ2n) is 4.54. The zero-order valence-electron chi connectivity index (χ0n) is 10.5. The van der Waals surface area contributed by atoms with E-state index in [1.54, 1.807) is 12.4 Å². The van der Waals surface area contributed by atoms with Gasteiger partial charge in [-0.15, -0.1) is 6.58 Å². The van der Waals surface area contributed by atoms with Gasteiger partial charge in [0.2, 0.25) is 0 Å². The average molecular weight is 248 g/mol. The van der Waals surface area contributed by atoms with Crippen molar-refractivity contribution in [1.29, 1.82) is 0 Å². The van der Waals surface area contributed by atoms with Crippen LogP contribution in [0.2, 0.25) is 0 Å². The molecule has 2 heterocycles. The Morgan fingerprint density at radius 3 is 3.22 bits per heavy atom. The molecule has 0 amide bonds. The lowest BCUT2D eigenvalue weighted by Gasteiger charge is -2.17. The van der Waals surface area contributed by atoms with Crippen molar-refractivity contribution in [3.05, 3.63) is 25.0 Å². The minimum Gasteiger partial charge on any atom is -0.396 e. The zero-order valence-corrected chi connectivity index (χ0v) is 10.5. The van der Waals surface area contributed by atoms with Gasteiger partial charge in [0, 0.05) is 32.3 Å². The average Bonchev–Trinajstić information content (AvgIpc) is 2.86. The van der Waals surface area contributed by atoms with Crippen molar-refractivity contribution in [2.45, 2.75) is 12.8 Å². The molecule has 5 nitrogen and oxygen atoms in total. The number of rotatable bonds is 6. The first kappa shape index (κ1) is 12.8. The zero-order chi connectivity index (χ0) is 12.8. The van der Waals surface area contributed by atoms with E-state index in [-0.39, 0.29) is 6.61 Å². The maximum Gasteiger partial charge on any atom is 0.134 e. The molecule has 0 bridgehead atoms. The molecule has 1 aromatic rings. The summed E-state index contributed by atoms with van der Waals surface area (Å²) in [6, 6.07) is 1.96. The van der Waals surface area contributed by atoms with E-state index in [1.165, 1.54) is 0 Å². The van der Waals surface area contributed by atoms with Crippen molar-refractivity contribution < 1.29 is 5.11 Å². The number of hydrogen-bond donors (Lipinski definition) is 2. The van der Waals surface area contributed by atoms with Crippen LogP contribution in [0.5, 0.6) is 0 Å². The summed E-state index contributed by atoms with van der Waals surface area (Å²) in [5, 5.41) is 12.1. The van der Waals surface area contributed by atoms with Gasteiger partial charge in [0.05, 0.1) is 0 Å². The molecule has 0 aliphatic carbocycles. The summed E-state index contributed by atoms with van der Waals surface area (Å²) < 4.78 is 0. The topological polar surface area (TPSA) is 61.3 Å². The smallest absolute Gasteiger partial charge is 0.134 e. The molecule has 1 unspecified atom stereocenters. The summed E-state index contributed by atoms with van der Waals surface area (Å²) in [5.74, 6) is 2.36. The van der Waals surface area contributed by atoms with Crippen molar-refractivity contribution in [3.8, 4) is 0 Å². The van der Waals surface area contributed by atoms with Crippen molar-refractivity contribution in [2.75, 3.05) is 36.5 Å². The molecule has 2 rings (SSSR count). The molecule has 5 heteroatoms. The van der Waals surface area contributed by atoms with Crippen LogP contribution in [-0.4, -0.2) is 41.3 Å². The van der Waals surface area contributed by atoms with Crippen LogP contribution in [0.1, 0.15) is 12.8 Å². The van der Waals surface area contributed by atoms with Crippen LogP contribution < -0.4 is 10.2 Å². The molecule has 2 N–H and O–H groups in total. The summed E-state index contributed by atoms with van der Waals surface area (Å²) in [6.45, 7) is 6.61. The molecule has 18 heavy (non-hydrogen) atoms. The van der Waals surface area contributed by atoms with Crippen molar-refractivity contribution in [3.63, 3.8) is 0 Å². The van der Waals surface area contributed by atoms with Gasteiger partial charge in [-0.3, -0.25) is 0 Å². The van der Waals surface area contributed by atoms with Gasteiger partial charge in [-0.25, -0.2) is 9.97 Å². The van der Waals surface area contributed by atoms with Crippen LogP contribution in [0.4, 0.5) is 11.6 Å². The number of aromatic nitrogens is 2. The second kappa shape index (κ2) is 6.35. The Bertz CT molecular complexity index is 396. The molecule has 1 atom stereocenters. The van der Waals surface area contributed by atoms with E-state index in [0.717, 1.165) is 37.6 Å². The fourth-order valence-electron chi connectivity index (χ4n) is 2.25. The van der Waals surface area contributed by atoms with Gasteiger partial charge in [-0.1, -0.05) is 6.08 Å². The van der Waals surface area contributed by atoms with Crippen molar-refractivity contribution in [2.24, 2.45) is 5.92 Å². The van der Waals surface area contributed by atoms with E-state index >= 15 is 0 Å². The molecule has 1 aromatic heterocycles. The van der Waals surface area contributed by atoms with Gasteiger partial charge in [-0.2, -0.15) is 0 Å². The maximum absolute atomic E-state index is 8.96. The first-order chi connectivity index (χ1) is 8.83. The van der Waals surface area contributed by atoms with Gasteiger partial charge in [0.25, 0.3) is 0 Å². The van der Waals surface area contributed by atoms with Crippen LogP contribution in [0.15, 0.2) is 25.0 Å². The highest BCUT2D eigenvalue weighted by Crippen LogP contribution is 2.24. The Morgan fingerprint density at radius 1 is 1.56 bits per heavy atom. The lowest BCUT2D eigenvalue weighted by Crippen LogP contribution is -2.21. The first-order valence-corrected chi connectivity index (χ1v) is 6.36. The van der Waals surface area contributed by atoms with Crippen LogP contribution in [0.25, 0.3) is 0 Å². The fourth-order valence-corrected chi connectivity index (χ4v) is 2.25. The van der Waals surface area contributed by atoms with E-state index in [9.17, 15) is 0 Å². The Kier molecular flexibility index (Phi) is 4.52. The van der Waals surface area contributed by atoms with Gasteiger partial charge in [-0.05, 0) is 18.8 Å². The third-order valence-corrected chi connectivity index (χ3v) is 3.23. The highest BCUT2D eigenvalue weighted by atomic mass is 16.3. The predicted octanol–water partition coefficient (Wildman–Crippen LogP) is 1.28. The molecule has 0 saturated carbocycles. The van der Waals surface area contributed by atoms with Gasteiger partial charge in [0.1, 0.15) is 18.0 Å². The number of aliphatic hydroxyl groups is 1. The number of nitrogens with one attached hydrogen (secondary N) is 1. The lowest BCUT2D eigenvalue weighted by molar-refractivity contribution is 0.263. The molecule has 98 valence electrons. The molecule has 0 spiro atoms. The van der Waals surface area contributed by atoms with E-state index in [0.29, 0.717) is 12.5 Å². The predicted molar refractivity (Wildman–Crippen MR) is 72.7 cm³/mol. The minimum atomic E-state index is 0.272. The standard InChI is InChI=1S/C13H20N4O/c1-2-5-14-12-8-13(16-10-15-12)17-6-3-11(9-17)4-7-18/h2,8,10-11,18H,1,3-7,9H2,(H,14,15,16). The normalized spacial score (nSPS) is 18.9. The minimum absolute atomic E-state index is 0.272. The lowest BCUT2D eigenvalue weighted by atomic mass is 10.1. The molecule has 1 fully saturated rings. The molecular formula is C13H20N4O. The number of anilines is 2. The fraction of sp³-hybridized carbons (Fsp3) is 0.538. The second-order valence-corrected chi connectivity index (χ2v) is 4.54. The largest absolute Gasteiger partial charge is 0.396 e. The number of hydrogen-bond acceptors (Lipinski definition) is 5. The third kappa shape index (κ3) is 3.20. The maximum atomic E-state index is 8.96. The van der Waals surface area contributed by atoms with Crippen LogP contribution in [0, 0.1) is 5.92 Å².